The van der Waals surface area contributed by atoms with Gasteiger partial charge in [-0.1, -0.05) is 180 Å². The Morgan fingerprint density at radius 3 is 1.32 bits per heavy atom. The van der Waals surface area contributed by atoms with Gasteiger partial charge in [-0.25, -0.2) is 9.59 Å². The van der Waals surface area contributed by atoms with E-state index in [0.29, 0.717) is 12.8 Å². The standard InChI is InChI=1S/C84H148N4O39/c1-6-8-10-12-14-16-18-20-21-23-25-27-29-31-33-35-58(102)88-48(49(98)34-32-30-28-26-24-22-19-17-15-13-11-9-7-2)44-116-78-69(110)67(108)71(56(42-93)119-78)121-80-70(111)76(72(57(43-94)120-80)122-77-61(87-47(5)97)73(64(105)54(40-91)117-77)123-79-68(109)66(107)63(104)53(39-90)118-79)127-84(82(114)115)37-51(100)60(86-46(4)96)75(126-84)65(106)55(41-92)124-83(81(112)113)36-50(99)59(85-45(3)95)74(125-83)62(103)52(101)38-89/h32,34,48-57,59-80,89-94,98-101,103-111H,6-31,33,35-44H2,1-5H3,(H,85,95)(H,86,96)(H,87,97)(H,88,102)(H,112,113)(H,114,115)/b34-32+/t48-,49+,50?,51?,52+,53?,54?,55+,56?,57?,59+,60+,61?,62+,63-,64-,65+,66-,67+,68?,69?,70?,71+,72-,73+,74?,75?,76+,77-,78+,79-,80-,83+,84-/m0/s1. The number of ether oxygens (including phenoxy) is 12. The Bertz CT molecular complexity index is 3200. The van der Waals surface area contributed by atoms with Gasteiger partial charge >= 0.3 is 11.9 Å². The van der Waals surface area contributed by atoms with Crippen molar-refractivity contribution in [2.24, 2.45) is 0 Å². The highest BCUT2D eigenvalue weighted by molar-refractivity contribution is 5.78. The molecule has 0 saturated carbocycles. The van der Waals surface area contributed by atoms with Crippen LogP contribution in [0.2, 0.25) is 0 Å². The Labute approximate surface area is 740 Å². The molecule has 0 spiro atoms. The summed E-state index contributed by atoms with van der Waals surface area (Å²) in [7, 11) is 0. The summed E-state index contributed by atoms with van der Waals surface area (Å²) in [6.45, 7) is -0.998. The Balaban J connectivity index is 1.33. The molecule has 0 aromatic rings. The van der Waals surface area contributed by atoms with Gasteiger partial charge in [0.25, 0.3) is 11.6 Å². The molecule has 6 saturated heterocycles. The molecule has 6 heterocycles. The molecule has 43 heteroatoms. The molecule has 6 rings (SSSR count). The van der Waals surface area contributed by atoms with Crippen LogP contribution in [0.4, 0.5) is 0 Å². The van der Waals surface area contributed by atoms with Crippen LogP contribution in [0.15, 0.2) is 12.2 Å². The van der Waals surface area contributed by atoms with E-state index in [1.54, 1.807) is 6.08 Å². The summed E-state index contributed by atoms with van der Waals surface area (Å²) in [5, 5.41) is 247. The molecule has 0 aromatic carbocycles. The van der Waals surface area contributed by atoms with Crippen LogP contribution in [0, 0.1) is 0 Å². The second-order valence-corrected chi connectivity index (χ2v) is 34.2. The lowest BCUT2D eigenvalue weighted by Gasteiger charge is -2.53. The van der Waals surface area contributed by atoms with Crippen molar-refractivity contribution in [1.82, 2.24) is 21.3 Å². The fourth-order valence-electron chi connectivity index (χ4n) is 16.9. The minimum absolute atomic E-state index is 0.0856. The molecule has 0 aromatic heterocycles. The zero-order valence-corrected chi connectivity index (χ0v) is 73.5. The number of unbranched alkanes of at least 4 members (excludes halogenated alkanes) is 25. The third kappa shape index (κ3) is 32.6. The van der Waals surface area contributed by atoms with Crippen LogP contribution in [0.1, 0.15) is 227 Å². The number of aliphatic carboxylic acids is 2. The van der Waals surface area contributed by atoms with Crippen molar-refractivity contribution in [3.63, 3.8) is 0 Å². The Kier molecular flexibility index (Phi) is 49.4. The first kappa shape index (κ1) is 111. The van der Waals surface area contributed by atoms with Gasteiger partial charge < -0.3 is 185 Å². The number of allylic oxidation sites excluding steroid dienone is 1. The molecule has 6 aliphatic rings. The number of carbonyl (C=O) groups is 6. The fourth-order valence-corrected chi connectivity index (χ4v) is 16.9. The van der Waals surface area contributed by atoms with Crippen molar-refractivity contribution in [2.75, 3.05) is 46.2 Å². The van der Waals surface area contributed by atoms with Crippen molar-refractivity contribution in [1.29, 1.82) is 0 Å². The van der Waals surface area contributed by atoms with Crippen LogP contribution in [0.25, 0.3) is 0 Å². The van der Waals surface area contributed by atoms with E-state index in [0.717, 1.165) is 85.0 Å². The molecule has 43 nitrogen and oxygen atoms in total. The lowest BCUT2D eigenvalue weighted by atomic mass is 9.87. The first-order valence-electron chi connectivity index (χ1n) is 45.2. The molecule has 0 radical (unpaired) electrons. The number of hydrogen-bond acceptors (Lipinski definition) is 37. The number of carbonyl (C=O) groups excluding carboxylic acids is 4. The second-order valence-electron chi connectivity index (χ2n) is 34.2. The molecule has 4 amide bonds. The van der Waals surface area contributed by atoms with Gasteiger partial charge in [0, 0.05) is 40.0 Å². The Hall–Kier alpha value is -4.68. The third-order valence-corrected chi connectivity index (χ3v) is 24.1. The zero-order chi connectivity index (χ0) is 93.8. The fraction of sp³-hybridized carbons (Fsp3) is 0.905. The Morgan fingerprint density at radius 1 is 0.425 bits per heavy atom. The number of nitrogens with one attached hydrogen (secondary N) is 4. The van der Waals surface area contributed by atoms with Crippen molar-refractivity contribution in [2.45, 2.75) is 435 Å². The molecule has 127 heavy (non-hydrogen) atoms. The summed E-state index contributed by atoms with van der Waals surface area (Å²) in [6, 6.07) is -7.14. The van der Waals surface area contributed by atoms with E-state index >= 15 is 0 Å². The highest BCUT2D eigenvalue weighted by Gasteiger charge is 2.64. The predicted octanol–water partition coefficient (Wildman–Crippen LogP) is -3.87. The van der Waals surface area contributed by atoms with Crippen molar-refractivity contribution < 1.29 is 193 Å². The summed E-state index contributed by atoms with van der Waals surface area (Å²) in [4.78, 5) is 80.3. The number of amides is 4. The van der Waals surface area contributed by atoms with E-state index in [2.05, 4.69) is 35.1 Å². The van der Waals surface area contributed by atoms with Gasteiger partial charge in [-0.3, -0.25) is 19.2 Å². The average Bonchev–Trinajstić information content (AvgIpc) is 0.742. The average molecular weight is 1840 g/mol. The smallest absolute Gasteiger partial charge is 0.364 e. The SMILES string of the molecule is CCCCCCCCCCCCC/C=C/[C@@H](O)[C@H](CO[C@@H]1OC(CO)[C@@H](O[C@@H]2OC(CO)[C@H](O[C@@H]3OC(CO)[C@H](O)[C@H](O[C@@H]4OC(CO)[C@H](O)[C@H](O)C4O)C3NC(C)=O)[C@H](O[C@]3(C(=O)O)CC(O)[C@@H](NC(C)=O)C([C@H](O)[C@@H](CO)O[C@]4(C(=O)O)CC(O)[C@@H](NC(C)=O)C([C@H](O)[C@H](O)CO)O4)O3)C2O)[C@H](O)C1O)NC(=O)CCCCCCCCCCCCCCCCC. The third-order valence-electron chi connectivity index (χ3n) is 24.1. The van der Waals surface area contributed by atoms with E-state index in [1.807, 2.05) is 0 Å². The predicted molar refractivity (Wildman–Crippen MR) is 440 cm³/mol. The normalized spacial score (nSPS) is 35.1. The molecule has 25 N–H and O–H groups in total. The number of rotatable bonds is 59. The highest BCUT2D eigenvalue weighted by Crippen LogP contribution is 2.43. The van der Waals surface area contributed by atoms with Crippen LogP contribution < -0.4 is 21.3 Å². The van der Waals surface area contributed by atoms with Gasteiger partial charge in [0.1, 0.15) is 134 Å². The van der Waals surface area contributed by atoms with Gasteiger partial charge in [0.15, 0.2) is 25.2 Å². The van der Waals surface area contributed by atoms with E-state index in [1.165, 1.54) is 102 Å². The summed E-state index contributed by atoms with van der Waals surface area (Å²) in [5.41, 5.74) is 0. The van der Waals surface area contributed by atoms with Crippen LogP contribution in [-0.2, 0) is 85.6 Å². The first-order valence-corrected chi connectivity index (χ1v) is 45.2. The maximum atomic E-state index is 14.4. The van der Waals surface area contributed by atoms with E-state index in [4.69, 9.17) is 56.8 Å². The summed E-state index contributed by atoms with van der Waals surface area (Å²) in [5.74, 6) is -15.0. The van der Waals surface area contributed by atoms with Gasteiger partial charge in [0.05, 0.1) is 82.7 Å². The second kappa shape index (κ2) is 56.5. The minimum atomic E-state index is -3.69. The van der Waals surface area contributed by atoms with Crippen LogP contribution in [0.3, 0.4) is 0 Å². The molecule has 12 unspecified atom stereocenters. The minimum Gasteiger partial charge on any atom is -0.477 e. The molecular formula is C84H148N4O39. The number of aliphatic hydroxyl groups excluding tert-OH is 19. The van der Waals surface area contributed by atoms with E-state index < -0.39 is 302 Å². The molecular weight excluding hydrogens is 1690 g/mol. The monoisotopic (exact) mass is 1840 g/mol. The topological polar surface area (TPSA) is 686 Å². The summed E-state index contributed by atoms with van der Waals surface area (Å²) >= 11 is 0. The van der Waals surface area contributed by atoms with E-state index in [9.17, 15) is 136 Å². The molecule has 6 fully saturated rings. The van der Waals surface area contributed by atoms with E-state index in [-0.39, 0.29) is 6.42 Å². The van der Waals surface area contributed by atoms with Gasteiger partial charge in [0.2, 0.25) is 23.6 Å². The maximum absolute atomic E-state index is 14.4. The first-order chi connectivity index (χ1) is 60.6. The molecule has 34 atom stereocenters. The molecule has 0 aliphatic carbocycles. The van der Waals surface area contributed by atoms with Crippen LogP contribution >= 0.6 is 0 Å². The van der Waals surface area contributed by atoms with Gasteiger partial charge in [-0.15, -0.1) is 0 Å². The van der Waals surface area contributed by atoms with Crippen molar-refractivity contribution in [3.8, 4) is 0 Å². The quantitative estimate of drug-likeness (QED) is 0.0205. The van der Waals surface area contributed by atoms with Crippen molar-refractivity contribution in [3.05, 3.63) is 12.2 Å². The summed E-state index contributed by atoms with van der Waals surface area (Å²) < 4.78 is 72.2. The highest BCUT2D eigenvalue weighted by atomic mass is 16.8. The number of carboxylic acids is 2. The Morgan fingerprint density at radius 2 is 0.835 bits per heavy atom. The van der Waals surface area contributed by atoms with Gasteiger partial charge in [-0.2, -0.15) is 0 Å². The van der Waals surface area contributed by atoms with Crippen LogP contribution in [0.5, 0.6) is 0 Å². The molecule has 0 bridgehead atoms. The van der Waals surface area contributed by atoms with Gasteiger partial charge in [-0.05, 0) is 19.3 Å². The largest absolute Gasteiger partial charge is 0.477 e. The molecule has 6 aliphatic heterocycles. The summed E-state index contributed by atoms with van der Waals surface area (Å²) in [6.07, 6.45) is -32.1. The number of hydrogen-bond donors (Lipinski definition) is 25. The number of aliphatic hydroxyl groups is 19. The van der Waals surface area contributed by atoms with Crippen molar-refractivity contribution >= 4 is 35.6 Å². The number of carboxylic acid groups (broad SMARTS) is 2. The van der Waals surface area contributed by atoms with Crippen LogP contribution in [-0.4, -0.2) is 396 Å². The zero-order valence-electron chi connectivity index (χ0n) is 73.5. The maximum Gasteiger partial charge on any atom is 0.364 e. The lowest BCUT2D eigenvalue weighted by Crippen LogP contribution is -2.73. The lowest BCUT2D eigenvalue weighted by molar-refractivity contribution is -0.404. The molecule has 738 valence electrons.